The van der Waals surface area contributed by atoms with Crippen LogP contribution >= 0.6 is 11.8 Å². The molecule has 3 nitrogen and oxygen atoms in total. The van der Waals surface area contributed by atoms with Crippen LogP contribution in [-0.2, 0) is 11.8 Å². The molecule has 20 heavy (non-hydrogen) atoms. The van der Waals surface area contributed by atoms with Crippen LogP contribution < -0.4 is 5.32 Å². The molecule has 2 aromatic rings. The number of aryl methyl sites for hydroxylation is 1. The number of carbonyl (C=O) groups is 1. The summed E-state index contributed by atoms with van der Waals surface area (Å²) in [5.41, 5.74) is 4.35. The van der Waals surface area contributed by atoms with Gasteiger partial charge in [-0.25, -0.2) is 0 Å². The van der Waals surface area contributed by atoms with Gasteiger partial charge >= 0.3 is 0 Å². The van der Waals surface area contributed by atoms with Crippen molar-refractivity contribution >= 4 is 29.4 Å². The molecule has 1 aromatic carbocycles. The third-order valence-electron chi connectivity index (χ3n) is 3.68. The fourth-order valence-electron chi connectivity index (χ4n) is 2.27. The summed E-state index contributed by atoms with van der Waals surface area (Å²) in [4.78, 5) is 14.0. The highest BCUT2D eigenvalue weighted by molar-refractivity contribution is 8.04. The summed E-state index contributed by atoms with van der Waals surface area (Å²) in [7, 11) is 2.04. The Labute approximate surface area is 122 Å². The van der Waals surface area contributed by atoms with Gasteiger partial charge in [0.15, 0.2) is 0 Å². The Bertz CT molecular complexity index is 728. The van der Waals surface area contributed by atoms with Gasteiger partial charge in [0, 0.05) is 23.3 Å². The Morgan fingerprint density at radius 3 is 2.70 bits per heavy atom. The van der Waals surface area contributed by atoms with E-state index in [0.717, 1.165) is 21.1 Å². The predicted molar refractivity (Wildman–Crippen MR) is 83.8 cm³/mol. The highest BCUT2D eigenvalue weighted by atomic mass is 32.2. The summed E-state index contributed by atoms with van der Waals surface area (Å²) >= 11 is 1.52. The van der Waals surface area contributed by atoms with Gasteiger partial charge in [-0.2, -0.15) is 0 Å². The lowest BCUT2D eigenvalue weighted by Gasteiger charge is -2.18. The van der Waals surface area contributed by atoms with Crippen molar-refractivity contribution in [2.24, 2.45) is 7.05 Å². The number of nitrogens with one attached hydrogen (secondary N) is 1. The van der Waals surface area contributed by atoms with Gasteiger partial charge in [0.25, 0.3) is 5.91 Å². The molecule has 0 aliphatic carbocycles. The molecule has 0 fully saturated rings. The first-order chi connectivity index (χ1) is 9.56. The van der Waals surface area contributed by atoms with Crippen LogP contribution in [0.2, 0.25) is 0 Å². The Balaban J connectivity index is 2.01. The van der Waals surface area contributed by atoms with Crippen LogP contribution in [0.1, 0.15) is 17.0 Å². The first-order valence-corrected chi connectivity index (χ1v) is 7.31. The molecule has 1 amide bonds. The first kappa shape index (κ1) is 13.1. The number of benzene rings is 1. The minimum Gasteiger partial charge on any atom is -0.352 e. The molecule has 4 heteroatoms. The molecule has 0 saturated heterocycles. The SMILES string of the molecule is Cc1cc(/C=C2\Sc3ccccc3NC2=O)c(C)n1C. The quantitative estimate of drug-likeness (QED) is 0.810. The zero-order valence-corrected chi connectivity index (χ0v) is 12.5. The summed E-state index contributed by atoms with van der Waals surface area (Å²) in [5.74, 6) is -0.0328. The average Bonchev–Trinajstić information content (AvgIpc) is 2.67. The molecule has 3 rings (SSSR count). The second kappa shape index (κ2) is 4.87. The normalized spacial score (nSPS) is 16.1. The molecule has 0 atom stereocenters. The summed E-state index contributed by atoms with van der Waals surface area (Å²) in [6, 6.07) is 9.97. The molecule has 102 valence electrons. The lowest BCUT2D eigenvalue weighted by atomic mass is 10.2. The van der Waals surface area contributed by atoms with E-state index in [-0.39, 0.29) is 5.91 Å². The van der Waals surface area contributed by atoms with Crippen molar-refractivity contribution in [3.8, 4) is 0 Å². The van der Waals surface area contributed by atoms with Crippen molar-refractivity contribution in [2.45, 2.75) is 18.7 Å². The number of hydrogen-bond donors (Lipinski definition) is 1. The Kier molecular flexibility index (Phi) is 3.18. The molecule has 0 unspecified atom stereocenters. The molecule has 1 aromatic heterocycles. The second-order valence-electron chi connectivity index (χ2n) is 4.95. The largest absolute Gasteiger partial charge is 0.352 e. The van der Waals surface area contributed by atoms with Gasteiger partial charge in [0.2, 0.25) is 0 Å². The van der Waals surface area contributed by atoms with Crippen molar-refractivity contribution in [3.05, 3.63) is 52.2 Å². The monoisotopic (exact) mass is 284 g/mol. The lowest BCUT2D eigenvalue weighted by molar-refractivity contribution is -0.112. The number of fused-ring (bicyclic) bond motifs is 1. The number of anilines is 1. The maximum absolute atomic E-state index is 12.2. The number of hydrogen-bond acceptors (Lipinski definition) is 2. The van der Waals surface area contributed by atoms with E-state index in [1.807, 2.05) is 37.4 Å². The lowest BCUT2D eigenvalue weighted by Crippen LogP contribution is -2.17. The van der Waals surface area contributed by atoms with Gasteiger partial charge < -0.3 is 9.88 Å². The number of carbonyl (C=O) groups excluding carboxylic acids is 1. The van der Waals surface area contributed by atoms with Crippen LogP contribution in [0.15, 0.2) is 40.1 Å². The molecule has 0 radical (unpaired) electrons. The molecule has 0 bridgehead atoms. The highest BCUT2D eigenvalue weighted by Gasteiger charge is 2.21. The van der Waals surface area contributed by atoms with E-state index in [2.05, 4.69) is 29.8 Å². The zero-order valence-electron chi connectivity index (χ0n) is 11.7. The van der Waals surface area contributed by atoms with E-state index in [1.54, 1.807) is 0 Å². The topological polar surface area (TPSA) is 34.0 Å². The summed E-state index contributed by atoms with van der Waals surface area (Å²) < 4.78 is 2.13. The predicted octanol–water partition coefficient (Wildman–Crippen LogP) is 3.73. The van der Waals surface area contributed by atoms with Crippen molar-refractivity contribution in [3.63, 3.8) is 0 Å². The van der Waals surface area contributed by atoms with Gasteiger partial charge in [-0.15, -0.1) is 0 Å². The number of nitrogens with zero attached hydrogens (tertiary/aromatic N) is 1. The number of aromatic nitrogens is 1. The Hall–Kier alpha value is -1.94. The van der Waals surface area contributed by atoms with Gasteiger partial charge in [0.05, 0.1) is 10.6 Å². The van der Waals surface area contributed by atoms with Gasteiger partial charge in [-0.1, -0.05) is 23.9 Å². The van der Waals surface area contributed by atoms with Crippen LogP contribution in [0.4, 0.5) is 5.69 Å². The Morgan fingerprint density at radius 1 is 1.25 bits per heavy atom. The zero-order chi connectivity index (χ0) is 14.3. The number of para-hydroxylation sites is 1. The van der Waals surface area contributed by atoms with Gasteiger partial charge in [-0.05, 0) is 43.7 Å². The first-order valence-electron chi connectivity index (χ1n) is 6.49. The highest BCUT2D eigenvalue weighted by Crippen LogP contribution is 2.38. The van der Waals surface area contributed by atoms with E-state index in [0.29, 0.717) is 0 Å². The molecule has 1 aliphatic rings. The standard InChI is InChI=1S/C16H16N2OS/c1-10-8-12(11(2)18(10)3)9-15-16(19)17-13-6-4-5-7-14(13)20-15/h4-9H,1-3H3,(H,17,19)/b15-9-. The minimum atomic E-state index is -0.0328. The van der Waals surface area contributed by atoms with Crippen LogP contribution in [0.5, 0.6) is 0 Å². The van der Waals surface area contributed by atoms with Gasteiger partial charge in [-0.3, -0.25) is 4.79 Å². The fourth-order valence-corrected chi connectivity index (χ4v) is 3.22. The molecule has 0 saturated carbocycles. The van der Waals surface area contributed by atoms with E-state index in [4.69, 9.17) is 0 Å². The van der Waals surface area contributed by atoms with Crippen molar-refractivity contribution in [2.75, 3.05) is 5.32 Å². The molecule has 1 N–H and O–H groups in total. The summed E-state index contributed by atoms with van der Waals surface area (Å²) in [5, 5.41) is 2.94. The van der Waals surface area contributed by atoms with E-state index >= 15 is 0 Å². The Morgan fingerprint density at radius 2 is 2.00 bits per heavy atom. The summed E-state index contributed by atoms with van der Waals surface area (Å²) in [6.45, 7) is 4.14. The van der Waals surface area contributed by atoms with Crippen molar-refractivity contribution in [1.82, 2.24) is 4.57 Å². The van der Waals surface area contributed by atoms with E-state index < -0.39 is 0 Å². The smallest absolute Gasteiger partial charge is 0.262 e. The second-order valence-corrected chi connectivity index (χ2v) is 6.03. The minimum absolute atomic E-state index is 0.0328. The van der Waals surface area contributed by atoms with Crippen LogP contribution in [0.3, 0.4) is 0 Å². The maximum Gasteiger partial charge on any atom is 0.262 e. The van der Waals surface area contributed by atoms with Crippen LogP contribution in [0, 0.1) is 13.8 Å². The van der Waals surface area contributed by atoms with Crippen LogP contribution in [0.25, 0.3) is 6.08 Å². The number of rotatable bonds is 1. The third-order valence-corrected chi connectivity index (χ3v) is 4.78. The third kappa shape index (κ3) is 2.16. The van der Waals surface area contributed by atoms with Crippen molar-refractivity contribution in [1.29, 1.82) is 0 Å². The molecular formula is C16H16N2OS. The molecule has 0 spiro atoms. The number of amides is 1. The number of thioether (sulfide) groups is 1. The molecule has 1 aliphatic heterocycles. The van der Waals surface area contributed by atoms with Gasteiger partial charge in [0.1, 0.15) is 0 Å². The van der Waals surface area contributed by atoms with E-state index in [1.165, 1.54) is 23.1 Å². The van der Waals surface area contributed by atoms with E-state index in [9.17, 15) is 4.79 Å². The fraction of sp³-hybridized carbons (Fsp3) is 0.188. The van der Waals surface area contributed by atoms with Crippen LogP contribution in [-0.4, -0.2) is 10.5 Å². The molecular weight excluding hydrogens is 268 g/mol. The summed E-state index contributed by atoms with van der Waals surface area (Å²) in [6.07, 6.45) is 1.97. The molecule has 2 heterocycles. The van der Waals surface area contributed by atoms with Crippen molar-refractivity contribution < 1.29 is 4.79 Å². The maximum atomic E-state index is 12.2. The average molecular weight is 284 g/mol.